The van der Waals surface area contributed by atoms with Crippen LogP contribution in [0.3, 0.4) is 0 Å². The molecule has 0 aromatic heterocycles. The molecular weight excluding hydrogens is 350 g/mol. The quantitative estimate of drug-likeness (QED) is 0.680. The van der Waals surface area contributed by atoms with Gasteiger partial charge in [-0.1, -0.05) is 30.3 Å². The number of ether oxygens (including phenoxy) is 1. The molecule has 5 nitrogen and oxygen atoms in total. The third-order valence-corrected chi connectivity index (χ3v) is 4.98. The highest BCUT2D eigenvalue weighted by atomic mass is 32.2. The lowest BCUT2D eigenvalue weighted by atomic mass is 10.1. The maximum Gasteiger partial charge on any atom is 0.316 e. The Morgan fingerprint density at radius 2 is 1.77 bits per heavy atom. The summed E-state index contributed by atoms with van der Waals surface area (Å²) in [5.41, 5.74) is 1.36. The molecule has 0 fully saturated rings. The van der Waals surface area contributed by atoms with Crippen molar-refractivity contribution in [3.05, 3.63) is 59.7 Å². The lowest BCUT2D eigenvalue weighted by Crippen LogP contribution is -2.27. The molecule has 0 saturated carbocycles. The maximum atomic E-state index is 12.8. The van der Waals surface area contributed by atoms with Crippen LogP contribution in [-0.2, 0) is 4.79 Å². The minimum Gasteiger partial charge on any atom is -0.494 e. The minimum atomic E-state index is -0.913. The molecule has 2 aromatic rings. The predicted molar refractivity (Wildman–Crippen MR) is 103 cm³/mol. The Morgan fingerprint density at radius 1 is 1.12 bits per heavy atom. The first-order valence-electron chi connectivity index (χ1n) is 8.45. The van der Waals surface area contributed by atoms with Crippen LogP contribution in [0.25, 0.3) is 0 Å². The summed E-state index contributed by atoms with van der Waals surface area (Å²) in [6, 6.07) is 14.4. The largest absolute Gasteiger partial charge is 0.494 e. The fraction of sp³-hybridized carbons (Fsp3) is 0.300. The number of hydrogen-bond acceptors (Lipinski definition) is 4. The summed E-state index contributed by atoms with van der Waals surface area (Å²) in [5.74, 6) is -0.418. The van der Waals surface area contributed by atoms with Crippen LogP contribution in [0.1, 0.15) is 42.7 Å². The van der Waals surface area contributed by atoms with E-state index in [1.54, 1.807) is 31.2 Å². The van der Waals surface area contributed by atoms with Crippen molar-refractivity contribution in [2.75, 3.05) is 6.61 Å². The molecule has 0 heterocycles. The van der Waals surface area contributed by atoms with E-state index < -0.39 is 11.2 Å². The summed E-state index contributed by atoms with van der Waals surface area (Å²) in [5, 5.41) is 11.4. The van der Waals surface area contributed by atoms with Gasteiger partial charge in [-0.25, -0.2) is 0 Å². The number of hydrogen-bond donors (Lipinski definition) is 2. The number of carboxylic acids is 1. The monoisotopic (exact) mass is 373 g/mol. The Hall–Kier alpha value is -2.47. The molecular formula is C20H23NO4S. The first-order valence-corrected chi connectivity index (χ1v) is 9.33. The molecule has 2 aromatic carbocycles. The molecule has 1 amide bonds. The summed E-state index contributed by atoms with van der Waals surface area (Å²) in [6.45, 7) is 5.95. The number of carbonyl (C=O) groups excluding carboxylic acids is 1. The predicted octanol–water partition coefficient (Wildman–Crippen LogP) is 4.14. The van der Waals surface area contributed by atoms with Crippen LogP contribution in [0, 0.1) is 0 Å². The fourth-order valence-electron chi connectivity index (χ4n) is 2.48. The summed E-state index contributed by atoms with van der Waals surface area (Å²) >= 11 is 1.16. The average molecular weight is 373 g/mol. The van der Waals surface area contributed by atoms with Crippen LogP contribution >= 0.6 is 11.8 Å². The van der Waals surface area contributed by atoms with Gasteiger partial charge >= 0.3 is 5.97 Å². The number of aliphatic carboxylic acids is 1. The van der Waals surface area contributed by atoms with Crippen molar-refractivity contribution in [1.29, 1.82) is 0 Å². The van der Waals surface area contributed by atoms with Crippen molar-refractivity contribution in [3.63, 3.8) is 0 Å². The molecule has 6 heteroatoms. The number of rotatable bonds is 8. The Kier molecular flexibility index (Phi) is 7.09. The number of para-hydroxylation sites is 1. The number of carbonyl (C=O) groups is 2. The highest BCUT2D eigenvalue weighted by Gasteiger charge is 2.20. The topological polar surface area (TPSA) is 75.6 Å². The van der Waals surface area contributed by atoms with Gasteiger partial charge in [-0.2, -0.15) is 0 Å². The van der Waals surface area contributed by atoms with Gasteiger partial charge in [0, 0.05) is 10.5 Å². The van der Waals surface area contributed by atoms with E-state index in [1.807, 2.05) is 38.1 Å². The van der Waals surface area contributed by atoms with Gasteiger partial charge in [-0.05, 0) is 39.0 Å². The van der Waals surface area contributed by atoms with E-state index in [-0.39, 0.29) is 11.9 Å². The van der Waals surface area contributed by atoms with Crippen molar-refractivity contribution in [2.24, 2.45) is 0 Å². The number of nitrogens with one attached hydrogen (secondary N) is 1. The van der Waals surface area contributed by atoms with Crippen LogP contribution in [0.5, 0.6) is 5.75 Å². The summed E-state index contributed by atoms with van der Waals surface area (Å²) < 4.78 is 5.63. The van der Waals surface area contributed by atoms with Crippen LogP contribution in [-0.4, -0.2) is 28.8 Å². The van der Waals surface area contributed by atoms with Crippen molar-refractivity contribution in [2.45, 2.75) is 37.0 Å². The smallest absolute Gasteiger partial charge is 0.316 e. The number of thioether (sulfide) groups is 1. The second-order valence-corrected chi connectivity index (χ2v) is 7.14. The van der Waals surface area contributed by atoms with Gasteiger partial charge in [0.15, 0.2) is 0 Å². The van der Waals surface area contributed by atoms with Gasteiger partial charge < -0.3 is 15.2 Å². The third-order valence-electron chi connectivity index (χ3n) is 3.82. The number of benzene rings is 2. The van der Waals surface area contributed by atoms with Crippen LogP contribution in [0.4, 0.5) is 0 Å². The van der Waals surface area contributed by atoms with Crippen LogP contribution < -0.4 is 10.1 Å². The zero-order valence-corrected chi connectivity index (χ0v) is 15.9. The second kappa shape index (κ2) is 9.29. The van der Waals surface area contributed by atoms with Gasteiger partial charge in [-0.3, -0.25) is 9.59 Å². The van der Waals surface area contributed by atoms with E-state index in [0.717, 1.165) is 23.1 Å². The van der Waals surface area contributed by atoms with Crippen LogP contribution in [0.15, 0.2) is 53.4 Å². The summed E-state index contributed by atoms with van der Waals surface area (Å²) in [7, 11) is 0. The van der Waals surface area contributed by atoms with Gasteiger partial charge in [0.25, 0.3) is 5.91 Å². The van der Waals surface area contributed by atoms with Gasteiger partial charge in [0.1, 0.15) is 11.0 Å². The maximum absolute atomic E-state index is 12.8. The molecule has 0 aliphatic heterocycles. The number of amides is 1. The van der Waals surface area contributed by atoms with E-state index in [2.05, 4.69) is 5.32 Å². The molecule has 2 N–H and O–H groups in total. The molecule has 0 spiro atoms. The molecule has 0 saturated heterocycles. The van der Waals surface area contributed by atoms with E-state index in [0.29, 0.717) is 17.1 Å². The highest BCUT2D eigenvalue weighted by molar-refractivity contribution is 8.00. The molecule has 0 aliphatic carbocycles. The highest BCUT2D eigenvalue weighted by Crippen LogP contribution is 2.29. The number of carboxylic acid groups (broad SMARTS) is 1. The SMILES string of the molecule is CCOc1ccccc1C(C)NC(=O)c1ccccc1SC(C)C(=O)O. The lowest BCUT2D eigenvalue weighted by molar-refractivity contribution is -0.136. The molecule has 138 valence electrons. The molecule has 2 atom stereocenters. The van der Waals surface area contributed by atoms with E-state index in [1.165, 1.54) is 0 Å². The van der Waals surface area contributed by atoms with Gasteiger partial charge in [0.2, 0.25) is 0 Å². The molecule has 0 bridgehead atoms. The zero-order valence-electron chi connectivity index (χ0n) is 15.1. The van der Waals surface area contributed by atoms with Crippen LogP contribution in [0.2, 0.25) is 0 Å². The van der Waals surface area contributed by atoms with E-state index in [9.17, 15) is 9.59 Å². The Balaban J connectivity index is 2.19. The molecule has 26 heavy (non-hydrogen) atoms. The normalized spacial score (nSPS) is 12.9. The first-order chi connectivity index (χ1) is 12.4. The first kappa shape index (κ1) is 19.8. The van der Waals surface area contributed by atoms with Crippen molar-refractivity contribution in [1.82, 2.24) is 5.32 Å². The summed E-state index contributed by atoms with van der Waals surface area (Å²) in [4.78, 5) is 24.5. The molecule has 0 aliphatic rings. The Morgan fingerprint density at radius 3 is 2.46 bits per heavy atom. The second-order valence-electron chi connectivity index (χ2n) is 5.76. The van der Waals surface area contributed by atoms with Crippen molar-refractivity contribution < 1.29 is 19.4 Å². The minimum absolute atomic E-state index is 0.246. The Labute approximate surface area is 157 Å². The molecule has 0 radical (unpaired) electrons. The standard InChI is InChI=1S/C20H23NO4S/c1-4-25-17-11-7-5-9-15(17)13(2)21-19(22)16-10-6-8-12-18(16)26-14(3)20(23)24/h5-14H,4H2,1-3H3,(H,21,22)(H,23,24). The summed E-state index contributed by atoms with van der Waals surface area (Å²) in [6.07, 6.45) is 0. The average Bonchev–Trinajstić information content (AvgIpc) is 2.62. The van der Waals surface area contributed by atoms with E-state index >= 15 is 0 Å². The van der Waals surface area contributed by atoms with Crippen molar-refractivity contribution in [3.8, 4) is 5.75 Å². The third kappa shape index (κ3) is 5.02. The Bertz CT molecular complexity index is 778. The molecule has 2 unspecified atom stereocenters. The van der Waals surface area contributed by atoms with E-state index in [4.69, 9.17) is 9.84 Å². The van der Waals surface area contributed by atoms with Gasteiger partial charge in [0.05, 0.1) is 18.2 Å². The molecule has 2 rings (SSSR count). The lowest BCUT2D eigenvalue weighted by Gasteiger charge is -2.19. The zero-order chi connectivity index (χ0) is 19.1. The van der Waals surface area contributed by atoms with Crippen molar-refractivity contribution >= 4 is 23.6 Å². The van der Waals surface area contributed by atoms with Gasteiger partial charge in [-0.15, -0.1) is 11.8 Å². The fourth-order valence-corrected chi connectivity index (χ4v) is 3.40.